The summed E-state index contributed by atoms with van der Waals surface area (Å²) in [4.78, 5) is 8.01. The molecule has 1 aliphatic rings. The number of halogens is 1. The first-order chi connectivity index (χ1) is 14.7. The number of rotatable bonds is 7. The van der Waals surface area contributed by atoms with E-state index < -0.39 is 6.10 Å². The van der Waals surface area contributed by atoms with Crippen LogP contribution >= 0.6 is 35.3 Å². The van der Waals surface area contributed by atoms with E-state index in [9.17, 15) is 5.11 Å². The van der Waals surface area contributed by atoms with Crippen molar-refractivity contribution < 1.29 is 5.11 Å². The monoisotopic (exact) mass is 548 g/mol. The van der Waals surface area contributed by atoms with E-state index in [1.807, 2.05) is 19.1 Å². The minimum Gasteiger partial charge on any atom is -0.386 e. The van der Waals surface area contributed by atoms with Gasteiger partial charge in [-0.2, -0.15) is 0 Å². The van der Waals surface area contributed by atoms with Crippen LogP contribution in [-0.4, -0.2) is 37.2 Å². The van der Waals surface area contributed by atoms with Gasteiger partial charge in [0.05, 0.1) is 6.54 Å². The molecular formula is C24H29IN4OS. The Morgan fingerprint density at radius 3 is 2.68 bits per heavy atom. The van der Waals surface area contributed by atoms with Gasteiger partial charge in [0.25, 0.3) is 0 Å². The standard InChI is InChI=1S/C24H28N4OS.HI/c1-2-25-24(26-16-18-8-7-10-20(14-18)28-12-5-6-13-28)27-17-21(29)23-15-19-9-3-4-11-22(19)30-23;/h3-11,14-15,21,29H,2,12-13,16-17H2,1H3,(H2,25,26,27);1H. The van der Waals surface area contributed by atoms with E-state index in [4.69, 9.17) is 4.99 Å². The van der Waals surface area contributed by atoms with E-state index in [2.05, 4.69) is 70.2 Å². The van der Waals surface area contributed by atoms with Gasteiger partial charge in [0.2, 0.25) is 0 Å². The summed E-state index contributed by atoms with van der Waals surface area (Å²) in [6, 6.07) is 18.8. The van der Waals surface area contributed by atoms with E-state index in [0.29, 0.717) is 19.0 Å². The molecule has 3 aromatic rings. The number of aliphatic hydroxyl groups excluding tert-OH is 1. The first-order valence-corrected chi connectivity index (χ1v) is 11.2. The molecule has 0 spiro atoms. The summed E-state index contributed by atoms with van der Waals surface area (Å²) in [5.41, 5.74) is 2.40. The molecule has 1 unspecified atom stereocenters. The third-order valence-electron chi connectivity index (χ3n) is 5.09. The number of thiophene rings is 1. The molecule has 1 aliphatic heterocycles. The quantitative estimate of drug-likeness (QED) is 0.174. The molecule has 0 fully saturated rings. The smallest absolute Gasteiger partial charge is 0.191 e. The van der Waals surface area contributed by atoms with Gasteiger partial charge in [0.15, 0.2) is 5.96 Å². The lowest BCUT2D eigenvalue weighted by Crippen LogP contribution is -2.39. The number of nitrogens with one attached hydrogen (secondary N) is 2. The Bertz CT molecular complexity index is 1010. The van der Waals surface area contributed by atoms with Crippen molar-refractivity contribution in [3.8, 4) is 0 Å². The van der Waals surface area contributed by atoms with Crippen LogP contribution in [0.3, 0.4) is 0 Å². The lowest BCUT2D eigenvalue weighted by molar-refractivity contribution is 0.184. The maximum Gasteiger partial charge on any atom is 0.191 e. The third-order valence-corrected chi connectivity index (χ3v) is 6.31. The molecular weight excluding hydrogens is 519 g/mol. The zero-order valence-electron chi connectivity index (χ0n) is 17.6. The van der Waals surface area contributed by atoms with E-state index in [-0.39, 0.29) is 24.0 Å². The second kappa shape index (κ2) is 11.5. The van der Waals surface area contributed by atoms with Crippen LogP contribution in [0.5, 0.6) is 0 Å². The first-order valence-electron chi connectivity index (χ1n) is 10.4. The van der Waals surface area contributed by atoms with E-state index in [1.165, 1.54) is 21.3 Å². The highest BCUT2D eigenvalue weighted by atomic mass is 127. The van der Waals surface area contributed by atoms with E-state index >= 15 is 0 Å². The minimum absolute atomic E-state index is 0. The van der Waals surface area contributed by atoms with Gasteiger partial charge in [-0.25, -0.2) is 4.99 Å². The largest absolute Gasteiger partial charge is 0.386 e. The van der Waals surface area contributed by atoms with Gasteiger partial charge in [-0.1, -0.05) is 42.5 Å². The lowest BCUT2D eigenvalue weighted by atomic mass is 10.2. The van der Waals surface area contributed by atoms with Crippen LogP contribution in [0.1, 0.15) is 23.5 Å². The molecule has 0 saturated carbocycles. The topological polar surface area (TPSA) is 59.9 Å². The van der Waals surface area contributed by atoms with Gasteiger partial charge >= 0.3 is 0 Å². The van der Waals surface area contributed by atoms with Crippen LogP contribution in [0.15, 0.2) is 71.7 Å². The highest BCUT2D eigenvalue weighted by Gasteiger charge is 2.12. The van der Waals surface area contributed by atoms with Crippen molar-refractivity contribution >= 4 is 57.0 Å². The Balaban J connectivity index is 0.00000272. The van der Waals surface area contributed by atoms with Crippen LogP contribution in [0.25, 0.3) is 10.1 Å². The summed E-state index contributed by atoms with van der Waals surface area (Å²) in [6.07, 6.45) is 3.82. The molecule has 164 valence electrons. The molecule has 0 radical (unpaired) electrons. The number of nitrogens with zero attached hydrogens (tertiary/aromatic N) is 2. The summed E-state index contributed by atoms with van der Waals surface area (Å²) in [6.45, 7) is 5.74. The zero-order chi connectivity index (χ0) is 20.8. The normalized spacial score (nSPS) is 14.5. The Labute approximate surface area is 204 Å². The van der Waals surface area contributed by atoms with Gasteiger partial charge < -0.3 is 20.6 Å². The predicted octanol–water partition coefficient (Wildman–Crippen LogP) is 4.68. The van der Waals surface area contributed by atoms with Gasteiger partial charge in [-0.05, 0) is 42.1 Å². The van der Waals surface area contributed by atoms with Gasteiger partial charge in [-0.3, -0.25) is 0 Å². The van der Waals surface area contributed by atoms with Crippen molar-refractivity contribution in [3.05, 3.63) is 77.2 Å². The Morgan fingerprint density at radius 1 is 1.10 bits per heavy atom. The van der Waals surface area contributed by atoms with Crippen molar-refractivity contribution in [3.63, 3.8) is 0 Å². The molecule has 2 aromatic carbocycles. The third kappa shape index (κ3) is 6.21. The fourth-order valence-electron chi connectivity index (χ4n) is 3.51. The van der Waals surface area contributed by atoms with Crippen molar-refractivity contribution in [2.24, 2.45) is 4.99 Å². The fraction of sp³-hybridized carbons (Fsp3) is 0.292. The van der Waals surface area contributed by atoms with Crippen molar-refractivity contribution in [1.29, 1.82) is 0 Å². The number of hydrogen-bond acceptors (Lipinski definition) is 4. The summed E-state index contributed by atoms with van der Waals surface area (Å²) < 4.78 is 1.19. The van der Waals surface area contributed by atoms with Crippen molar-refractivity contribution in [2.75, 3.05) is 31.1 Å². The minimum atomic E-state index is -0.572. The van der Waals surface area contributed by atoms with Gasteiger partial charge in [0.1, 0.15) is 6.10 Å². The highest BCUT2D eigenvalue weighted by Crippen LogP contribution is 2.29. The van der Waals surface area contributed by atoms with Gasteiger partial charge in [0, 0.05) is 41.4 Å². The van der Waals surface area contributed by atoms with Crippen LogP contribution in [0.2, 0.25) is 0 Å². The molecule has 31 heavy (non-hydrogen) atoms. The Kier molecular flexibility index (Phi) is 8.74. The molecule has 2 heterocycles. The Morgan fingerprint density at radius 2 is 1.90 bits per heavy atom. The molecule has 1 aromatic heterocycles. The summed E-state index contributed by atoms with van der Waals surface area (Å²) in [5, 5.41) is 18.4. The number of anilines is 1. The number of fused-ring (bicyclic) bond motifs is 1. The second-order valence-corrected chi connectivity index (χ2v) is 8.44. The van der Waals surface area contributed by atoms with Crippen molar-refractivity contribution in [1.82, 2.24) is 10.6 Å². The summed E-state index contributed by atoms with van der Waals surface area (Å²) in [5.74, 6) is 0.714. The summed E-state index contributed by atoms with van der Waals surface area (Å²) >= 11 is 1.63. The number of aliphatic imine (C=N–C) groups is 1. The Hall–Kier alpha value is -2.10. The second-order valence-electron chi connectivity index (χ2n) is 7.32. The van der Waals surface area contributed by atoms with Crippen molar-refractivity contribution in [2.45, 2.75) is 19.6 Å². The number of aliphatic hydroxyl groups is 1. The molecule has 3 N–H and O–H groups in total. The molecule has 1 atom stereocenters. The molecule has 7 heteroatoms. The predicted molar refractivity (Wildman–Crippen MR) is 143 cm³/mol. The van der Waals surface area contributed by atoms with Crippen LogP contribution in [0, 0.1) is 0 Å². The maximum absolute atomic E-state index is 10.6. The molecule has 0 saturated heterocycles. The highest BCUT2D eigenvalue weighted by molar-refractivity contribution is 14.0. The number of guanidine groups is 1. The zero-order valence-corrected chi connectivity index (χ0v) is 20.8. The van der Waals surface area contributed by atoms with Crippen LogP contribution in [-0.2, 0) is 6.54 Å². The number of benzene rings is 2. The SMILES string of the molecule is CCNC(=NCc1cccc(N2CC=CC2)c1)NCC(O)c1cc2ccccc2s1.I. The fourth-order valence-corrected chi connectivity index (χ4v) is 4.56. The van der Waals surface area contributed by atoms with Crippen LogP contribution < -0.4 is 15.5 Å². The maximum atomic E-state index is 10.6. The molecule has 4 rings (SSSR count). The molecule has 0 aliphatic carbocycles. The lowest BCUT2D eigenvalue weighted by Gasteiger charge is -2.18. The molecule has 0 amide bonds. The molecule has 5 nitrogen and oxygen atoms in total. The van der Waals surface area contributed by atoms with Crippen LogP contribution in [0.4, 0.5) is 5.69 Å². The average molecular weight is 548 g/mol. The number of hydrogen-bond donors (Lipinski definition) is 3. The first kappa shape index (κ1) is 23.6. The van der Waals surface area contributed by atoms with E-state index in [0.717, 1.165) is 24.5 Å². The summed E-state index contributed by atoms with van der Waals surface area (Å²) in [7, 11) is 0. The molecule has 0 bridgehead atoms. The van der Waals surface area contributed by atoms with E-state index in [1.54, 1.807) is 11.3 Å². The average Bonchev–Trinajstić information content (AvgIpc) is 3.46. The van der Waals surface area contributed by atoms with Gasteiger partial charge in [-0.15, -0.1) is 35.3 Å².